The molecule has 2 heterocycles. The van der Waals surface area contributed by atoms with Gasteiger partial charge in [-0.25, -0.2) is 0 Å². The first-order chi connectivity index (χ1) is 11.4. The molecule has 1 aromatic carbocycles. The summed E-state index contributed by atoms with van der Waals surface area (Å²) < 4.78 is 0.400. The number of amides is 1. The highest BCUT2D eigenvalue weighted by atomic mass is 32.2. The number of hydrogen-bond donors (Lipinski definition) is 2. The van der Waals surface area contributed by atoms with E-state index in [2.05, 4.69) is 12.4 Å². The number of piperazine rings is 1. The molecule has 0 spiro atoms. The van der Waals surface area contributed by atoms with Crippen molar-refractivity contribution in [2.75, 3.05) is 38.1 Å². The molecule has 24 heavy (non-hydrogen) atoms. The van der Waals surface area contributed by atoms with E-state index in [4.69, 9.17) is 12.2 Å². The molecule has 3 rings (SSSR count). The molecule has 0 aromatic heterocycles. The Morgan fingerprint density at radius 2 is 2.12 bits per heavy atom. The third kappa shape index (κ3) is 3.58. The van der Waals surface area contributed by atoms with E-state index in [1.807, 2.05) is 4.90 Å². The summed E-state index contributed by atoms with van der Waals surface area (Å²) in [5.41, 5.74) is 1.32. The molecule has 7 nitrogen and oxygen atoms in total. The maximum atomic E-state index is 11.7. The van der Waals surface area contributed by atoms with Gasteiger partial charge in [-0.3, -0.25) is 14.9 Å². The van der Waals surface area contributed by atoms with Crippen molar-refractivity contribution in [3.05, 3.63) is 38.8 Å². The van der Waals surface area contributed by atoms with E-state index in [9.17, 15) is 14.9 Å². The van der Waals surface area contributed by atoms with Gasteiger partial charge >= 0.3 is 0 Å². The lowest BCUT2D eigenvalue weighted by Gasteiger charge is -2.31. The average molecular weight is 365 g/mol. The van der Waals surface area contributed by atoms with Crippen LogP contribution in [0.4, 0.5) is 11.4 Å². The van der Waals surface area contributed by atoms with Gasteiger partial charge in [-0.1, -0.05) is 30.0 Å². The first-order valence-corrected chi connectivity index (χ1v) is 8.76. The van der Waals surface area contributed by atoms with Crippen LogP contribution < -0.4 is 15.1 Å². The summed E-state index contributed by atoms with van der Waals surface area (Å²) in [5.74, 6) is -0.265. The van der Waals surface area contributed by atoms with Crippen LogP contribution in [0.1, 0.15) is 5.56 Å². The third-order valence-electron chi connectivity index (χ3n) is 4.09. The van der Waals surface area contributed by atoms with Gasteiger partial charge in [-0.05, 0) is 17.7 Å². The van der Waals surface area contributed by atoms with Crippen molar-refractivity contribution in [1.29, 1.82) is 0 Å². The molecule has 0 bridgehead atoms. The summed E-state index contributed by atoms with van der Waals surface area (Å²) in [5, 5.41) is 14.0. The van der Waals surface area contributed by atoms with Crippen molar-refractivity contribution in [2.24, 2.45) is 0 Å². The number of benzene rings is 1. The predicted molar refractivity (Wildman–Crippen MR) is 98.2 cm³/mol. The van der Waals surface area contributed by atoms with E-state index >= 15 is 0 Å². The third-order valence-corrected chi connectivity index (χ3v) is 5.26. The highest BCUT2D eigenvalue weighted by Gasteiger charge is 2.25. The minimum atomic E-state index is -0.366. The molecule has 126 valence electrons. The number of hydrogen-bond acceptors (Lipinski definition) is 6. The number of nitrogens with one attached hydrogen (secondary N) is 2. The topological polar surface area (TPSA) is 79.9 Å². The molecular weight excluding hydrogens is 348 g/mol. The van der Waals surface area contributed by atoms with Gasteiger partial charge in [0.2, 0.25) is 0 Å². The Balaban J connectivity index is 1.90. The van der Waals surface area contributed by atoms with Gasteiger partial charge in [0, 0.05) is 6.07 Å². The number of anilines is 1. The largest absolute Gasteiger partial charge is 0.355 e. The Hall–Kier alpha value is -1.97. The lowest BCUT2D eigenvalue weighted by atomic mass is 10.1. The summed E-state index contributed by atoms with van der Waals surface area (Å²) in [6.07, 6.45) is 1.63. The molecule has 0 atom stereocenters. The molecule has 1 amide bonds. The molecular formula is C15H17N4O3S2+. The van der Waals surface area contributed by atoms with Crippen molar-refractivity contribution >= 4 is 51.7 Å². The Labute approximate surface area is 148 Å². The zero-order valence-electron chi connectivity index (χ0n) is 13.1. The maximum absolute atomic E-state index is 11.7. The van der Waals surface area contributed by atoms with E-state index < -0.39 is 0 Å². The predicted octanol–water partition coefficient (Wildman–Crippen LogP) is 0.418. The summed E-state index contributed by atoms with van der Waals surface area (Å²) in [4.78, 5) is 26.8. The first kappa shape index (κ1) is 16.9. The van der Waals surface area contributed by atoms with E-state index in [1.165, 1.54) is 11.0 Å². The second-order valence-electron chi connectivity index (χ2n) is 5.80. The van der Waals surface area contributed by atoms with Gasteiger partial charge in [-0.2, -0.15) is 0 Å². The second kappa shape index (κ2) is 6.88. The van der Waals surface area contributed by atoms with Crippen LogP contribution in [-0.2, 0) is 4.79 Å². The Morgan fingerprint density at radius 1 is 1.42 bits per heavy atom. The van der Waals surface area contributed by atoms with E-state index in [1.54, 1.807) is 18.2 Å². The van der Waals surface area contributed by atoms with Crippen molar-refractivity contribution in [2.45, 2.75) is 0 Å². The van der Waals surface area contributed by atoms with Crippen LogP contribution in [0.5, 0.6) is 0 Å². The number of nitrogens with zero attached hydrogens (tertiary/aromatic N) is 2. The normalized spacial score (nSPS) is 20.5. The zero-order valence-corrected chi connectivity index (χ0v) is 14.7. The summed E-state index contributed by atoms with van der Waals surface area (Å²) in [6.45, 7) is 3.49. The summed E-state index contributed by atoms with van der Waals surface area (Å²) in [6, 6.07) is 5.08. The summed E-state index contributed by atoms with van der Waals surface area (Å²) in [7, 11) is 2.12. The quantitative estimate of drug-likeness (QED) is 0.350. The molecule has 1 aromatic rings. The number of carbonyl (C=O) groups excluding carboxylic acids is 1. The first-order valence-electron chi connectivity index (χ1n) is 7.53. The highest BCUT2D eigenvalue weighted by molar-refractivity contribution is 8.26. The van der Waals surface area contributed by atoms with Crippen LogP contribution in [-0.4, -0.2) is 48.4 Å². The number of thioether (sulfide) groups is 1. The molecule has 0 saturated carbocycles. The molecule has 2 fully saturated rings. The molecule has 0 aliphatic carbocycles. The average Bonchev–Trinajstić information content (AvgIpc) is 2.85. The number of quaternary nitrogens is 1. The number of thiocarbonyl (C=S) groups is 1. The van der Waals surface area contributed by atoms with Gasteiger partial charge in [-0.15, -0.1) is 0 Å². The molecule has 2 aliphatic heterocycles. The van der Waals surface area contributed by atoms with E-state index in [0.717, 1.165) is 37.9 Å². The minimum absolute atomic E-state index is 0.0647. The number of rotatable bonds is 3. The Bertz CT molecular complexity index is 742. The van der Waals surface area contributed by atoms with Crippen molar-refractivity contribution in [1.82, 2.24) is 5.32 Å². The fourth-order valence-corrected chi connectivity index (χ4v) is 3.79. The van der Waals surface area contributed by atoms with Gasteiger partial charge in [0.05, 0.1) is 43.1 Å². The van der Waals surface area contributed by atoms with Crippen LogP contribution in [0.2, 0.25) is 0 Å². The van der Waals surface area contributed by atoms with E-state index in [0.29, 0.717) is 20.5 Å². The van der Waals surface area contributed by atoms with Gasteiger partial charge in [0.1, 0.15) is 10.0 Å². The number of nitro groups is 1. The fraction of sp³-hybridized carbons (Fsp3) is 0.333. The highest BCUT2D eigenvalue weighted by Crippen LogP contribution is 2.32. The van der Waals surface area contributed by atoms with Crippen LogP contribution >= 0.6 is 24.0 Å². The Kier molecular flexibility index (Phi) is 4.83. The van der Waals surface area contributed by atoms with E-state index in [-0.39, 0.29) is 16.5 Å². The van der Waals surface area contributed by atoms with Crippen LogP contribution in [0.15, 0.2) is 23.1 Å². The fourth-order valence-electron chi connectivity index (χ4n) is 2.75. The van der Waals surface area contributed by atoms with Crippen molar-refractivity contribution in [3.63, 3.8) is 0 Å². The molecule has 2 N–H and O–H groups in total. The Morgan fingerprint density at radius 3 is 2.71 bits per heavy atom. The lowest BCUT2D eigenvalue weighted by molar-refractivity contribution is -0.880. The molecule has 2 aliphatic rings. The number of nitro benzene ring substituents is 1. The van der Waals surface area contributed by atoms with Crippen LogP contribution in [0, 0.1) is 10.1 Å². The monoisotopic (exact) mass is 365 g/mol. The molecule has 9 heteroatoms. The zero-order chi connectivity index (χ0) is 17.3. The van der Waals surface area contributed by atoms with Crippen molar-refractivity contribution in [3.8, 4) is 0 Å². The SMILES string of the molecule is C[NH+]1CCN(c2ccc(/C=C3/SC(=S)NC3=O)cc2[N+](=O)[O-])CC1. The maximum Gasteiger partial charge on any atom is 0.293 e. The second-order valence-corrected chi connectivity index (χ2v) is 7.52. The van der Waals surface area contributed by atoms with Crippen LogP contribution in [0.3, 0.4) is 0 Å². The number of carbonyl (C=O) groups is 1. The van der Waals surface area contributed by atoms with Crippen molar-refractivity contribution < 1.29 is 14.6 Å². The van der Waals surface area contributed by atoms with Gasteiger partial charge < -0.3 is 15.1 Å². The molecule has 2 saturated heterocycles. The number of likely N-dealkylation sites (N-methyl/N-ethyl adjacent to an activating group) is 1. The van der Waals surface area contributed by atoms with Gasteiger partial charge in [0.25, 0.3) is 11.6 Å². The van der Waals surface area contributed by atoms with Crippen LogP contribution in [0.25, 0.3) is 6.08 Å². The molecule has 0 unspecified atom stereocenters. The minimum Gasteiger partial charge on any atom is -0.355 e. The van der Waals surface area contributed by atoms with Gasteiger partial charge in [0.15, 0.2) is 0 Å². The standard InChI is InChI=1S/C15H16N4O3S2/c1-17-4-6-18(7-5-17)11-3-2-10(8-12(11)19(21)22)9-13-14(20)16-15(23)24-13/h2-3,8-9H,4-7H2,1H3,(H,16,20,23)/p+1/b13-9+. The summed E-state index contributed by atoms with van der Waals surface area (Å²) >= 11 is 6.11. The smallest absolute Gasteiger partial charge is 0.293 e. The molecule has 0 radical (unpaired) electrons. The lowest BCUT2D eigenvalue weighted by Crippen LogP contribution is -3.12.